The molecule has 0 fully saturated rings. The lowest BCUT2D eigenvalue weighted by Gasteiger charge is -2.11. The second-order valence-electron chi connectivity index (χ2n) is 4.27. The summed E-state index contributed by atoms with van der Waals surface area (Å²) in [5, 5.41) is 4.58. The maximum atomic E-state index is 3.61. The molecule has 2 aromatic rings. The third-order valence-corrected chi connectivity index (χ3v) is 3.75. The molecule has 0 radical (unpaired) electrons. The smallest absolute Gasteiger partial charge is 0.0624 e. The Morgan fingerprint density at radius 1 is 1.44 bits per heavy atom. The van der Waals surface area contributed by atoms with Crippen LogP contribution in [0, 0.1) is 0 Å². The van der Waals surface area contributed by atoms with E-state index in [-0.39, 0.29) is 0 Å². The average Bonchev–Trinajstić information content (AvgIpc) is 2.57. The number of hydrogen-bond acceptors (Lipinski definition) is 1. The fourth-order valence-electron chi connectivity index (χ4n) is 2.03. The summed E-state index contributed by atoms with van der Waals surface area (Å²) < 4.78 is 3.43. The molecule has 2 nitrogen and oxygen atoms in total. The number of nitrogens with zero attached hydrogens (tertiary/aromatic N) is 1. The first-order chi connectivity index (χ1) is 7.63. The predicted molar refractivity (Wildman–Crippen MR) is 72.8 cm³/mol. The van der Waals surface area contributed by atoms with Gasteiger partial charge in [0.1, 0.15) is 0 Å². The van der Waals surface area contributed by atoms with Crippen LogP contribution >= 0.6 is 15.9 Å². The Bertz CT molecular complexity index is 502. The number of fused-ring (bicyclic) bond motifs is 1. The first-order valence-electron chi connectivity index (χ1n) is 5.53. The van der Waals surface area contributed by atoms with E-state index in [1.807, 2.05) is 7.05 Å². The van der Waals surface area contributed by atoms with E-state index in [1.54, 1.807) is 0 Å². The molecule has 1 atom stereocenters. The third kappa shape index (κ3) is 2.02. The van der Waals surface area contributed by atoms with E-state index in [4.69, 9.17) is 0 Å². The van der Waals surface area contributed by atoms with Gasteiger partial charge in [0.05, 0.1) is 5.52 Å². The number of hydrogen-bond donors (Lipinski definition) is 1. The first kappa shape index (κ1) is 11.7. The minimum atomic E-state index is 0.502. The van der Waals surface area contributed by atoms with Gasteiger partial charge in [-0.2, -0.15) is 0 Å². The van der Waals surface area contributed by atoms with E-state index in [0.29, 0.717) is 6.04 Å². The Hall–Kier alpha value is -0.800. The number of aryl methyl sites for hydroxylation is 1. The molecule has 0 saturated carbocycles. The van der Waals surface area contributed by atoms with Gasteiger partial charge in [-0.3, -0.25) is 0 Å². The van der Waals surface area contributed by atoms with Crippen LogP contribution in [0.3, 0.4) is 0 Å². The summed E-state index contributed by atoms with van der Waals surface area (Å²) in [5.41, 5.74) is 2.64. The Balaban J connectivity index is 2.48. The van der Waals surface area contributed by atoms with Crippen molar-refractivity contribution in [3.05, 3.63) is 34.4 Å². The highest BCUT2D eigenvalue weighted by molar-refractivity contribution is 9.10. The quantitative estimate of drug-likeness (QED) is 0.914. The number of para-hydroxylation sites is 1. The predicted octanol–water partition coefficient (Wildman–Crippen LogP) is 3.09. The van der Waals surface area contributed by atoms with Crippen LogP contribution in [-0.4, -0.2) is 17.7 Å². The molecule has 16 heavy (non-hydrogen) atoms. The van der Waals surface area contributed by atoms with Gasteiger partial charge in [-0.25, -0.2) is 0 Å². The molecule has 2 rings (SSSR count). The maximum absolute atomic E-state index is 3.61. The van der Waals surface area contributed by atoms with E-state index in [2.05, 4.69) is 64.1 Å². The Morgan fingerprint density at radius 3 is 2.81 bits per heavy atom. The Kier molecular flexibility index (Phi) is 3.36. The minimum absolute atomic E-state index is 0.502. The number of aromatic nitrogens is 1. The first-order valence-corrected chi connectivity index (χ1v) is 6.33. The molecule has 1 aromatic carbocycles. The zero-order valence-electron chi connectivity index (χ0n) is 9.92. The fourth-order valence-corrected chi connectivity index (χ4v) is 2.68. The normalized spacial score (nSPS) is 13.2. The van der Waals surface area contributed by atoms with Gasteiger partial charge in [-0.05, 0) is 42.0 Å². The molecule has 1 heterocycles. The van der Waals surface area contributed by atoms with Crippen molar-refractivity contribution in [2.45, 2.75) is 19.4 Å². The van der Waals surface area contributed by atoms with Gasteiger partial charge in [0.2, 0.25) is 0 Å². The largest absolute Gasteiger partial charge is 0.347 e. The van der Waals surface area contributed by atoms with Crippen LogP contribution in [0.2, 0.25) is 0 Å². The summed E-state index contributed by atoms with van der Waals surface area (Å²) in [5.74, 6) is 0. The van der Waals surface area contributed by atoms with Crippen LogP contribution in [0.25, 0.3) is 10.9 Å². The molecule has 3 heteroatoms. The number of halogens is 1. The van der Waals surface area contributed by atoms with Gasteiger partial charge in [0.25, 0.3) is 0 Å². The van der Waals surface area contributed by atoms with Crippen LogP contribution in [0.1, 0.15) is 12.6 Å². The van der Waals surface area contributed by atoms with E-state index in [1.165, 1.54) is 16.6 Å². The summed E-state index contributed by atoms with van der Waals surface area (Å²) in [6, 6.07) is 9.11. The van der Waals surface area contributed by atoms with Gasteiger partial charge in [-0.1, -0.05) is 12.1 Å². The van der Waals surface area contributed by atoms with E-state index in [0.717, 1.165) is 10.9 Å². The van der Waals surface area contributed by atoms with Crippen molar-refractivity contribution in [2.75, 3.05) is 7.05 Å². The minimum Gasteiger partial charge on any atom is -0.347 e. The summed E-state index contributed by atoms with van der Waals surface area (Å²) in [7, 11) is 4.13. The summed E-state index contributed by atoms with van der Waals surface area (Å²) in [4.78, 5) is 0. The van der Waals surface area contributed by atoms with Crippen molar-refractivity contribution < 1.29 is 0 Å². The molecule has 0 bridgehead atoms. The molecular weight excluding hydrogens is 264 g/mol. The van der Waals surface area contributed by atoms with E-state index < -0.39 is 0 Å². The van der Waals surface area contributed by atoms with Gasteiger partial charge in [0.15, 0.2) is 0 Å². The van der Waals surface area contributed by atoms with Crippen molar-refractivity contribution in [1.29, 1.82) is 0 Å². The van der Waals surface area contributed by atoms with E-state index >= 15 is 0 Å². The average molecular weight is 281 g/mol. The summed E-state index contributed by atoms with van der Waals surface area (Å²) >= 11 is 3.61. The number of rotatable bonds is 3. The van der Waals surface area contributed by atoms with Crippen LogP contribution in [0.15, 0.2) is 28.7 Å². The van der Waals surface area contributed by atoms with Crippen molar-refractivity contribution >= 4 is 26.8 Å². The van der Waals surface area contributed by atoms with Crippen LogP contribution < -0.4 is 5.32 Å². The zero-order valence-corrected chi connectivity index (χ0v) is 11.5. The molecule has 0 aliphatic heterocycles. The molecule has 0 amide bonds. The molecule has 1 unspecified atom stereocenters. The summed E-state index contributed by atoms with van der Waals surface area (Å²) in [6.45, 7) is 2.20. The lowest BCUT2D eigenvalue weighted by Crippen LogP contribution is -2.24. The van der Waals surface area contributed by atoms with Gasteiger partial charge < -0.3 is 9.88 Å². The SMILES string of the molecule is CNC(C)Cc1cc2cccc(Br)c2n1C. The topological polar surface area (TPSA) is 17.0 Å². The summed E-state index contributed by atoms with van der Waals surface area (Å²) in [6.07, 6.45) is 1.05. The van der Waals surface area contributed by atoms with Gasteiger partial charge in [-0.15, -0.1) is 0 Å². The van der Waals surface area contributed by atoms with Crippen LogP contribution in [0.4, 0.5) is 0 Å². The molecule has 0 saturated heterocycles. The standard InChI is InChI=1S/C13H17BrN2/c1-9(15-2)7-11-8-10-5-4-6-12(14)13(10)16(11)3/h4-6,8-9,15H,7H2,1-3H3. The van der Waals surface area contributed by atoms with E-state index in [9.17, 15) is 0 Å². The second kappa shape index (κ2) is 4.60. The van der Waals surface area contributed by atoms with Crippen molar-refractivity contribution in [3.8, 4) is 0 Å². The molecule has 86 valence electrons. The maximum Gasteiger partial charge on any atom is 0.0624 e. The Labute approximate surface area is 105 Å². The van der Waals surface area contributed by atoms with Crippen molar-refractivity contribution in [2.24, 2.45) is 7.05 Å². The fraction of sp³-hybridized carbons (Fsp3) is 0.385. The molecule has 1 aromatic heterocycles. The second-order valence-corrected chi connectivity index (χ2v) is 5.12. The number of benzene rings is 1. The molecular formula is C13H17BrN2. The van der Waals surface area contributed by atoms with Crippen LogP contribution in [-0.2, 0) is 13.5 Å². The van der Waals surface area contributed by atoms with Crippen molar-refractivity contribution in [1.82, 2.24) is 9.88 Å². The molecule has 0 aliphatic rings. The molecule has 0 aliphatic carbocycles. The highest BCUT2D eigenvalue weighted by atomic mass is 79.9. The van der Waals surface area contributed by atoms with Crippen LogP contribution in [0.5, 0.6) is 0 Å². The number of nitrogens with one attached hydrogen (secondary N) is 1. The monoisotopic (exact) mass is 280 g/mol. The number of likely N-dealkylation sites (N-methyl/N-ethyl adjacent to an activating group) is 1. The lowest BCUT2D eigenvalue weighted by molar-refractivity contribution is 0.591. The third-order valence-electron chi connectivity index (χ3n) is 3.11. The Morgan fingerprint density at radius 2 is 2.19 bits per heavy atom. The van der Waals surface area contributed by atoms with Crippen molar-refractivity contribution in [3.63, 3.8) is 0 Å². The highest BCUT2D eigenvalue weighted by Crippen LogP contribution is 2.26. The lowest BCUT2D eigenvalue weighted by atomic mass is 10.2. The highest BCUT2D eigenvalue weighted by Gasteiger charge is 2.10. The van der Waals surface area contributed by atoms with Gasteiger partial charge in [0, 0.05) is 35.1 Å². The zero-order chi connectivity index (χ0) is 11.7. The van der Waals surface area contributed by atoms with Gasteiger partial charge >= 0.3 is 0 Å². The molecule has 1 N–H and O–H groups in total. The molecule has 0 spiro atoms.